The highest BCUT2D eigenvalue weighted by Gasteiger charge is 2.46. The number of thioether (sulfide) groups is 1. The number of anilines is 1. The summed E-state index contributed by atoms with van der Waals surface area (Å²) in [6, 6.07) is 8.69. The maximum atomic E-state index is 15.2. The van der Waals surface area contributed by atoms with Crippen LogP contribution in [0, 0.1) is 17.1 Å². The average Bonchev–Trinajstić information content (AvgIpc) is 2.72. The van der Waals surface area contributed by atoms with Gasteiger partial charge in [0.2, 0.25) is 0 Å². The van der Waals surface area contributed by atoms with Gasteiger partial charge in [0.25, 0.3) is 5.91 Å². The van der Waals surface area contributed by atoms with E-state index in [4.69, 9.17) is 11.0 Å². The van der Waals surface area contributed by atoms with Crippen molar-refractivity contribution < 1.29 is 13.6 Å². The van der Waals surface area contributed by atoms with Crippen molar-refractivity contribution in [3.63, 3.8) is 0 Å². The molecule has 6 nitrogen and oxygen atoms in total. The molecule has 0 aliphatic carbocycles. The Morgan fingerprint density at radius 2 is 2.17 bits per heavy atom. The zero-order chi connectivity index (χ0) is 21.2. The van der Waals surface area contributed by atoms with Crippen LogP contribution in [-0.4, -0.2) is 27.5 Å². The molecule has 1 aliphatic rings. The maximum absolute atomic E-state index is 15.2. The second-order valence-electron chi connectivity index (χ2n) is 6.76. The summed E-state index contributed by atoms with van der Waals surface area (Å²) in [5.41, 5.74) is 5.05. The van der Waals surface area contributed by atoms with E-state index in [1.807, 2.05) is 13.0 Å². The quantitative estimate of drug-likeness (QED) is 0.792. The summed E-state index contributed by atoms with van der Waals surface area (Å²) in [5.74, 6) is -1.18. The lowest BCUT2D eigenvalue weighted by atomic mass is 9.84. The Hall–Kier alpha value is -2.99. The molecule has 150 valence electrons. The summed E-state index contributed by atoms with van der Waals surface area (Å²) in [7, 11) is 0. The fourth-order valence-corrected chi connectivity index (χ4v) is 4.28. The normalized spacial score (nSPS) is 23.8. The fraction of sp³-hybridized carbons (Fsp3) is 0.300. The molecule has 0 unspecified atom stereocenters. The average molecular weight is 415 g/mol. The van der Waals surface area contributed by atoms with Gasteiger partial charge in [0.1, 0.15) is 29.3 Å². The van der Waals surface area contributed by atoms with Gasteiger partial charge in [0.05, 0.1) is 5.56 Å². The van der Waals surface area contributed by atoms with Crippen LogP contribution in [0.2, 0.25) is 0 Å². The number of carbonyl (C=O) groups is 1. The van der Waals surface area contributed by atoms with Gasteiger partial charge in [-0.1, -0.05) is 18.7 Å². The Kier molecular flexibility index (Phi) is 5.84. The van der Waals surface area contributed by atoms with Crippen LogP contribution in [0.3, 0.4) is 0 Å². The lowest BCUT2D eigenvalue weighted by Crippen LogP contribution is -2.45. The third kappa shape index (κ3) is 4.07. The minimum absolute atomic E-state index is 0.0114. The molecule has 1 aromatic carbocycles. The molecule has 1 amide bonds. The van der Waals surface area contributed by atoms with Crippen molar-refractivity contribution in [2.75, 3.05) is 5.32 Å². The first-order valence-corrected chi connectivity index (χ1v) is 9.80. The van der Waals surface area contributed by atoms with E-state index >= 15 is 4.39 Å². The van der Waals surface area contributed by atoms with E-state index in [-0.39, 0.29) is 22.1 Å². The number of hydrogen-bond donors (Lipinski definition) is 2. The van der Waals surface area contributed by atoms with E-state index in [0.29, 0.717) is 12.0 Å². The second-order valence-corrected chi connectivity index (χ2v) is 8.02. The lowest BCUT2D eigenvalue weighted by Gasteiger charge is -2.38. The molecule has 0 saturated carbocycles. The topological polar surface area (TPSA) is 104 Å². The number of aliphatic imine (C=N–C) groups is 1. The standard InChI is InChI=1S/C20H19F2N5OS/c1-3-16-17(22)20(2,27-19(24)29-16)13-8-12(5-6-14(13)21)26-18(28)15-7-4-11(9-23)10-25-15/h4-8,10,16-17H,3H2,1-2H3,(H2,24,27)(H,26,28)/t16-,17+,20-/m1/s1. The molecule has 0 spiro atoms. The Bertz CT molecular complexity index is 1000. The van der Waals surface area contributed by atoms with Crippen LogP contribution >= 0.6 is 11.8 Å². The third-order valence-electron chi connectivity index (χ3n) is 4.78. The molecule has 1 aromatic heterocycles. The first kappa shape index (κ1) is 20.7. The summed E-state index contributed by atoms with van der Waals surface area (Å²) < 4.78 is 29.8. The van der Waals surface area contributed by atoms with E-state index in [1.54, 1.807) is 0 Å². The minimum atomic E-state index is -1.51. The largest absolute Gasteiger partial charge is 0.379 e. The number of hydrogen-bond acceptors (Lipinski definition) is 6. The predicted molar refractivity (Wildman–Crippen MR) is 109 cm³/mol. The van der Waals surface area contributed by atoms with Gasteiger partial charge in [0.15, 0.2) is 5.17 Å². The van der Waals surface area contributed by atoms with Crippen LogP contribution < -0.4 is 11.1 Å². The molecular weight excluding hydrogens is 396 g/mol. The van der Waals surface area contributed by atoms with Crippen LogP contribution in [0.5, 0.6) is 0 Å². The maximum Gasteiger partial charge on any atom is 0.274 e. The molecule has 1 aliphatic heterocycles. The minimum Gasteiger partial charge on any atom is -0.379 e. The summed E-state index contributed by atoms with van der Waals surface area (Å²) in [6.07, 6.45) is 0.340. The zero-order valence-electron chi connectivity index (χ0n) is 15.8. The molecule has 0 bridgehead atoms. The predicted octanol–water partition coefficient (Wildman–Crippen LogP) is 3.74. The van der Waals surface area contributed by atoms with Gasteiger partial charge < -0.3 is 11.1 Å². The van der Waals surface area contributed by atoms with Crippen LogP contribution in [0.4, 0.5) is 14.5 Å². The van der Waals surface area contributed by atoms with Crippen LogP contribution in [0.1, 0.15) is 41.9 Å². The highest BCUT2D eigenvalue weighted by molar-refractivity contribution is 8.14. The Morgan fingerprint density at radius 1 is 1.41 bits per heavy atom. The molecule has 0 fully saturated rings. The SMILES string of the molecule is CC[C@H]1SC(N)=N[C@](C)(c2cc(NC(=O)c3ccc(C#N)cn3)ccc2F)[C@H]1F. The van der Waals surface area contributed by atoms with E-state index in [2.05, 4.69) is 15.3 Å². The number of benzene rings is 1. The zero-order valence-corrected chi connectivity index (χ0v) is 16.6. The van der Waals surface area contributed by atoms with Gasteiger partial charge in [0, 0.05) is 22.7 Å². The first-order valence-electron chi connectivity index (χ1n) is 8.92. The van der Waals surface area contributed by atoms with E-state index < -0.39 is 28.7 Å². The van der Waals surface area contributed by atoms with Crippen molar-refractivity contribution in [3.8, 4) is 6.07 Å². The molecule has 9 heteroatoms. The number of nitrogens with one attached hydrogen (secondary N) is 1. The number of nitrogens with zero attached hydrogens (tertiary/aromatic N) is 3. The molecule has 29 heavy (non-hydrogen) atoms. The Labute approximate surface area is 171 Å². The number of rotatable bonds is 4. The van der Waals surface area contributed by atoms with Gasteiger partial charge in [-0.2, -0.15) is 5.26 Å². The smallest absolute Gasteiger partial charge is 0.274 e. The molecule has 3 N–H and O–H groups in total. The summed E-state index contributed by atoms with van der Waals surface area (Å²) in [4.78, 5) is 20.5. The number of carbonyl (C=O) groups excluding carboxylic acids is 1. The molecule has 0 radical (unpaired) electrons. The number of aromatic nitrogens is 1. The van der Waals surface area contributed by atoms with Crippen LogP contribution in [0.15, 0.2) is 41.5 Å². The fourth-order valence-electron chi connectivity index (χ4n) is 3.17. The third-order valence-corrected chi connectivity index (χ3v) is 5.98. The van der Waals surface area contributed by atoms with Crippen molar-refractivity contribution >= 4 is 28.5 Å². The molecular formula is C20H19F2N5OS. The van der Waals surface area contributed by atoms with Crippen molar-refractivity contribution in [2.45, 2.75) is 37.2 Å². The number of amidine groups is 1. The van der Waals surface area contributed by atoms with Crippen molar-refractivity contribution in [3.05, 3.63) is 59.2 Å². The van der Waals surface area contributed by atoms with Crippen molar-refractivity contribution in [1.29, 1.82) is 5.26 Å². The number of amides is 1. The number of alkyl halides is 1. The molecule has 3 atom stereocenters. The Morgan fingerprint density at radius 3 is 2.79 bits per heavy atom. The van der Waals surface area contributed by atoms with Gasteiger partial charge >= 0.3 is 0 Å². The molecule has 2 heterocycles. The molecule has 2 aromatic rings. The first-order chi connectivity index (χ1) is 13.8. The monoisotopic (exact) mass is 415 g/mol. The van der Waals surface area contributed by atoms with Crippen molar-refractivity contribution in [1.82, 2.24) is 4.98 Å². The summed E-state index contributed by atoms with van der Waals surface area (Å²) in [5, 5.41) is 11.2. The van der Waals surface area contributed by atoms with E-state index in [0.717, 1.165) is 17.8 Å². The van der Waals surface area contributed by atoms with Crippen LogP contribution in [0.25, 0.3) is 0 Å². The number of halogens is 2. The summed E-state index contributed by atoms with van der Waals surface area (Å²) >= 11 is 1.14. The van der Waals surface area contributed by atoms with E-state index in [1.165, 1.54) is 37.4 Å². The Balaban J connectivity index is 1.92. The van der Waals surface area contributed by atoms with Gasteiger partial charge in [-0.3, -0.25) is 4.79 Å². The van der Waals surface area contributed by atoms with Crippen molar-refractivity contribution in [2.24, 2.45) is 10.7 Å². The van der Waals surface area contributed by atoms with Gasteiger partial charge in [-0.25, -0.2) is 18.8 Å². The number of pyridine rings is 1. The highest BCUT2D eigenvalue weighted by Crippen LogP contribution is 2.43. The molecule has 0 saturated heterocycles. The number of nitriles is 1. The highest BCUT2D eigenvalue weighted by atomic mass is 32.2. The van der Waals surface area contributed by atoms with Crippen LogP contribution in [-0.2, 0) is 5.54 Å². The van der Waals surface area contributed by atoms with Gasteiger partial charge in [-0.15, -0.1) is 0 Å². The summed E-state index contributed by atoms with van der Waals surface area (Å²) in [6.45, 7) is 3.33. The van der Waals surface area contributed by atoms with E-state index in [9.17, 15) is 9.18 Å². The number of nitrogens with two attached hydrogens (primary N) is 1. The second kappa shape index (κ2) is 8.17. The molecule has 3 rings (SSSR count). The van der Waals surface area contributed by atoms with Gasteiger partial charge in [-0.05, 0) is 43.7 Å². The lowest BCUT2D eigenvalue weighted by molar-refractivity contribution is 0.102.